The van der Waals surface area contributed by atoms with Crippen LogP contribution in [0.2, 0.25) is 0 Å². The third kappa shape index (κ3) is 4.77. The Balaban J connectivity index is 1.72. The fraction of sp³-hybridized carbons (Fsp3) is 0.316. The molecule has 2 atom stereocenters. The smallest absolute Gasteiger partial charge is 0.307 e. The lowest BCUT2D eigenvalue weighted by Crippen LogP contribution is -2.36. The number of amides is 2. The van der Waals surface area contributed by atoms with E-state index >= 15 is 0 Å². The second-order valence-electron chi connectivity index (χ2n) is 6.75. The number of non-ortho nitro benzene ring substituents is 1. The van der Waals surface area contributed by atoms with Crippen molar-refractivity contribution in [1.82, 2.24) is 0 Å². The SMILES string of the molecule is O=C(Nc1cccc([N+](=O)[O-])c1)c1ccsc1NC(=O)[C@H]1CCCC[C@@H]1C(=O)O. The van der Waals surface area contributed by atoms with E-state index in [1.807, 2.05) is 0 Å². The molecule has 2 aromatic rings. The van der Waals surface area contributed by atoms with Crippen LogP contribution in [0.5, 0.6) is 0 Å². The van der Waals surface area contributed by atoms with Gasteiger partial charge in [-0.15, -0.1) is 11.3 Å². The fourth-order valence-electron chi connectivity index (χ4n) is 3.43. The first kappa shape index (κ1) is 20.5. The van der Waals surface area contributed by atoms with Crippen LogP contribution < -0.4 is 10.6 Å². The molecular formula is C19H19N3O6S. The summed E-state index contributed by atoms with van der Waals surface area (Å²) in [4.78, 5) is 47.0. The molecule has 10 heteroatoms. The molecule has 152 valence electrons. The number of rotatable bonds is 6. The van der Waals surface area contributed by atoms with Crippen LogP contribution in [-0.4, -0.2) is 27.8 Å². The van der Waals surface area contributed by atoms with Crippen molar-refractivity contribution in [2.24, 2.45) is 11.8 Å². The Kier molecular flexibility index (Phi) is 6.23. The molecule has 0 saturated heterocycles. The molecular weight excluding hydrogens is 398 g/mol. The van der Waals surface area contributed by atoms with Crippen molar-refractivity contribution in [1.29, 1.82) is 0 Å². The normalized spacial score (nSPS) is 18.6. The zero-order valence-corrected chi connectivity index (χ0v) is 16.1. The lowest BCUT2D eigenvalue weighted by Gasteiger charge is -2.27. The van der Waals surface area contributed by atoms with E-state index in [-0.39, 0.29) is 16.9 Å². The molecule has 0 bridgehead atoms. The number of carboxylic acids is 1. The van der Waals surface area contributed by atoms with E-state index in [1.165, 1.54) is 30.3 Å². The maximum atomic E-state index is 12.7. The van der Waals surface area contributed by atoms with Crippen LogP contribution in [0.25, 0.3) is 0 Å². The monoisotopic (exact) mass is 417 g/mol. The summed E-state index contributed by atoms with van der Waals surface area (Å²) in [5, 5.41) is 27.4. The number of benzene rings is 1. The van der Waals surface area contributed by atoms with Gasteiger partial charge in [-0.3, -0.25) is 24.5 Å². The predicted octanol–water partition coefficient (Wildman–Crippen LogP) is 3.74. The number of nitro groups is 1. The lowest BCUT2D eigenvalue weighted by atomic mass is 9.79. The summed E-state index contributed by atoms with van der Waals surface area (Å²) >= 11 is 1.15. The highest BCUT2D eigenvalue weighted by atomic mass is 32.1. The molecule has 29 heavy (non-hydrogen) atoms. The Morgan fingerprint density at radius 3 is 2.52 bits per heavy atom. The summed E-state index contributed by atoms with van der Waals surface area (Å²) in [6.07, 6.45) is 2.50. The molecule has 1 aliphatic carbocycles. The Labute approximate surface area is 169 Å². The van der Waals surface area contributed by atoms with Gasteiger partial charge in [-0.1, -0.05) is 18.9 Å². The molecule has 1 fully saturated rings. The van der Waals surface area contributed by atoms with Crippen molar-refractivity contribution in [3.05, 3.63) is 51.4 Å². The highest BCUT2D eigenvalue weighted by Crippen LogP contribution is 2.33. The number of aliphatic carboxylic acids is 1. The van der Waals surface area contributed by atoms with E-state index in [2.05, 4.69) is 10.6 Å². The number of nitro benzene ring substituents is 1. The number of carbonyl (C=O) groups is 3. The number of carbonyl (C=O) groups excluding carboxylic acids is 2. The van der Waals surface area contributed by atoms with E-state index in [9.17, 15) is 29.6 Å². The second kappa shape index (κ2) is 8.82. The molecule has 0 aliphatic heterocycles. The predicted molar refractivity (Wildman–Crippen MR) is 107 cm³/mol. The van der Waals surface area contributed by atoms with Gasteiger partial charge in [0.15, 0.2) is 0 Å². The summed E-state index contributed by atoms with van der Waals surface area (Å²) < 4.78 is 0. The van der Waals surface area contributed by atoms with Gasteiger partial charge in [-0.05, 0) is 30.4 Å². The van der Waals surface area contributed by atoms with Gasteiger partial charge < -0.3 is 15.7 Å². The zero-order valence-electron chi connectivity index (χ0n) is 15.3. The molecule has 3 rings (SSSR count). The van der Waals surface area contributed by atoms with Crippen LogP contribution >= 0.6 is 11.3 Å². The van der Waals surface area contributed by atoms with Crippen LogP contribution in [0.3, 0.4) is 0 Å². The molecule has 9 nitrogen and oxygen atoms in total. The van der Waals surface area contributed by atoms with Gasteiger partial charge in [0, 0.05) is 17.8 Å². The highest BCUT2D eigenvalue weighted by molar-refractivity contribution is 7.14. The average Bonchev–Trinajstić information content (AvgIpc) is 3.16. The van der Waals surface area contributed by atoms with Gasteiger partial charge in [0.25, 0.3) is 11.6 Å². The van der Waals surface area contributed by atoms with E-state index < -0.39 is 34.5 Å². The standard InChI is InChI=1S/C19H19N3O6S/c23-16(13-6-1-2-7-14(13)19(25)26)21-18-15(8-9-29-18)17(24)20-11-4-3-5-12(10-11)22(27)28/h3-5,8-10,13-14H,1-2,6-7H2,(H,20,24)(H,21,23)(H,25,26)/t13-,14-/m0/s1. The Morgan fingerprint density at radius 2 is 1.83 bits per heavy atom. The second-order valence-corrected chi connectivity index (χ2v) is 7.67. The summed E-state index contributed by atoms with van der Waals surface area (Å²) in [5.41, 5.74) is 0.307. The highest BCUT2D eigenvalue weighted by Gasteiger charge is 2.36. The van der Waals surface area contributed by atoms with Gasteiger partial charge in [0.1, 0.15) is 5.00 Å². The molecule has 1 aromatic carbocycles. The molecule has 0 spiro atoms. The maximum absolute atomic E-state index is 12.7. The number of hydrogen-bond donors (Lipinski definition) is 3. The number of nitrogens with zero attached hydrogens (tertiary/aromatic N) is 1. The van der Waals surface area contributed by atoms with E-state index in [1.54, 1.807) is 5.38 Å². The quantitative estimate of drug-likeness (QED) is 0.483. The zero-order chi connectivity index (χ0) is 21.0. The topological polar surface area (TPSA) is 139 Å². The molecule has 2 amide bonds. The number of nitrogens with one attached hydrogen (secondary N) is 2. The van der Waals surface area contributed by atoms with Crippen LogP contribution in [0.15, 0.2) is 35.7 Å². The molecule has 1 aliphatic rings. The Hall–Kier alpha value is -3.27. The lowest BCUT2D eigenvalue weighted by molar-refractivity contribution is -0.384. The minimum atomic E-state index is -0.986. The van der Waals surface area contributed by atoms with E-state index in [0.29, 0.717) is 17.8 Å². The Morgan fingerprint density at radius 1 is 1.10 bits per heavy atom. The first-order valence-electron chi connectivity index (χ1n) is 9.04. The van der Waals surface area contributed by atoms with Crippen LogP contribution in [0, 0.1) is 22.0 Å². The van der Waals surface area contributed by atoms with Gasteiger partial charge in [0.2, 0.25) is 5.91 Å². The van der Waals surface area contributed by atoms with Crippen molar-refractivity contribution in [2.45, 2.75) is 25.7 Å². The molecule has 0 radical (unpaired) electrons. The third-order valence-electron chi connectivity index (χ3n) is 4.88. The number of carboxylic acid groups (broad SMARTS) is 1. The van der Waals surface area contributed by atoms with E-state index in [0.717, 1.165) is 24.2 Å². The summed E-state index contributed by atoms with van der Waals surface area (Å²) in [5.74, 6) is -3.30. The average molecular weight is 417 g/mol. The molecule has 1 heterocycles. The van der Waals surface area contributed by atoms with Crippen molar-refractivity contribution in [3.63, 3.8) is 0 Å². The molecule has 3 N–H and O–H groups in total. The third-order valence-corrected chi connectivity index (χ3v) is 5.71. The molecule has 1 aromatic heterocycles. The van der Waals surface area contributed by atoms with Crippen molar-refractivity contribution < 1.29 is 24.4 Å². The minimum Gasteiger partial charge on any atom is -0.481 e. The van der Waals surface area contributed by atoms with Crippen molar-refractivity contribution in [2.75, 3.05) is 10.6 Å². The first-order valence-corrected chi connectivity index (χ1v) is 9.91. The number of hydrogen-bond acceptors (Lipinski definition) is 6. The van der Waals surface area contributed by atoms with Crippen LogP contribution in [0.4, 0.5) is 16.4 Å². The van der Waals surface area contributed by atoms with Gasteiger partial charge in [-0.25, -0.2) is 0 Å². The van der Waals surface area contributed by atoms with Gasteiger partial charge in [-0.2, -0.15) is 0 Å². The fourth-order valence-corrected chi connectivity index (χ4v) is 4.21. The molecule has 0 unspecified atom stereocenters. The van der Waals surface area contributed by atoms with Crippen molar-refractivity contribution >= 4 is 45.5 Å². The number of anilines is 2. The summed E-state index contributed by atoms with van der Waals surface area (Å²) in [6.45, 7) is 0. The van der Waals surface area contributed by atoms with Gasteiger partial charge in [0.05, 0.1) is 22.3 Å². The van der Waals surface area contributed by atoms with Crippen LogP contribution in [0.1, 0.15) is 36.0 Å². The first-order chi connectivity index (χ1) is 13.9. The minimum absolute atomic E-state index is 0.154. The van der Waals surface area contributed by atoms with Gasteiger partial charge >= 0.3 is 5.97 Å². The summed E-state index contributed by atoms with van der Waals surface area (Å²) in [6, 6.07) is 7.06. The van der Waals surface area contributed by atoms with Crippen LogP contribution in [-0.2, 0) is 9.59 Å². The summed E-state index contributed by atoms with van der Waals surface area (Å²) in [7, 11) is 0. The van der Waals surface area contributed by atoms with E-state index in [4.69, 9.17) is 0 Å². The van der Waals surface area contributed by atoms with Crippen molar-refractivity contribution in [3.8, 4) is 0 Å². The number of thiophene rings is 1. The Bertz CT molecular complexity index is 957. The molecule has 1 saturated carbocycles. The largest absolute Gasteiger partial charge is 0.481 e. The maximum Gasteiger partial charge on any atom is 0.307 e.